The van der Waals surface area contributed by atoms with Crippen molar-refractivity contribution in [2.45, 2.75) is 38.8 Å². The summed E-state index contributed by atoms with van der Waals surface area (Å²) in [6.07, 6.45) is 0.900. The van der Waals surface area contributed by atoms with Crippen LogP contribution in [0.5, 0.6) is 0 Å². The van der Waals surface area contributed by atoms with Crippen molar-refractivity contribution < 1.29 is 29.3 Å². The van der Waals surface area contributed by atoms with Gasteiger partial charge in [0.15, 0.2) is 0 Å². The fraction of sp³-hybridized carbons (Fsp3) is 0.769. The Morgan fingerprint density at radius 1 is 1.19 bits per heavy atom. The summed E-state index contributed by atoms with van der Waals surface area (Å²) in [6, 6.07) is 0.642. The van der Waals surface area contributed by atoms with Crippen LogP contribution in [-0.4, -0.2) is 64.4 Å². The molecule has 8 heteroatoms. The summed E-state index contributed by atoms with van der Waals surface area (Å²) in [5.41, 5.74) is -0.383. The Balaban J connectivity index is 0.000000315. The molecule has 2 rings (SSSR count). The standard InChI is InChI=1S/C11H20N2O2.C2H2O4/c1-11(2,3)15-10(14)13-5-4-9-8(7-13)6-12-9;3-1(4)2(5)6/h8-9,12H,4-7H2,1-3H3;(H,3,4)(H,5,6). The fourth-order valence-electron chi connectivity index (χ4n) is 2.14. The van der Waals surface area contributed by atoms with Crippen molar-refractivity contribution in [3.05, 3.63) is 0 Å². The summed E-state index contributed by atoms with van der Waals surface area (Å²) in [5, 5.41) is 18.2. The second-order valence-electron chi connectivity index (χ2n) is 6.10. The van der Waals surface area contributed by atoms with E-state index in [4.69, 9.17) is 24.5 Å². The average molecular weight is 302 g/mol. The monoisotopic (exact) mass is 302 g/mol. The first-order valence-electron chi connectivity index (χ1n) is 6.77. The Bertz CT molecular complexity index is 405. The molecule has 2 atom stereocenters. The number of amides is 1. The number of fused-ring (bicyclic) bond motifs is 1. The Morgan fingerprint density at radius 2 is 1.76 bits per heavy atom. The predicted octanol–water partition coefficient (Wildman–Crippen LogP) is 0.371. The number of nitrogens with one attached hydrogen (secondary N) is 1. The molecule has 0 bridgehead atoms. The number of hydrogen-bond acceptors (Lipinski definition) is 5. The zero-order chi connectivity index (χ0) is 16.2. The summed E-state index contributed by atoms with van der Waals surface area (Å²) >= 11 is 0. The van der Waals surface area contributed by atoms with Crippen LogP contribution in [0.15, 0.2) is 0 Å². The fourth-order valence-corrected chi connectivity index (χ4v) is 2.14. The minimum absolute atomic E-state index is 0.159. The molecule has 2 saturated heterocycles. The number of ether oxygens (including phenoxy) is 1. The highest BCUT2D eigenvalue weighted by Gasteiger charge is 2.38. The van der Waals surface area contributed by atoms with Crippen LogP contribution in [0.2, 0.25) is 0 Å². The highest BCUT2D eigenvalue weighted by atomic mass is 16.6. The molecule has 2 fully saturated rings. The number of likely N-dealkylation sites (tertiary alicyclic amines) is 1. The van der Waals surface area contributed by atoms with Crippen LogP contribution in [0.1, 0.15) is 27.2 Å². The molecule has 1 amide bonds. The number of hydrogen-bond donors (Lipinski definition) is 3. The molecule has 0 radical (unpaired) electrons. The summed E-state index contributed by atoms with van der Waals surface area (Å²) in [7, 11) is 0. The predicted molar refractivity (Wildman–Crippen MR) is 73.0 cm³/mol. The third-order valence-electron chi connectivity index (χ3n) is 3.21. The maximum atomic E-state index is 11.8. The topological polar surface area (TPSA) is 116 Å². The van der Waals surface area contributed by atoms with Crippen molar-refractivity contribution in [3.63, 3.8) is 0 Å². The Morgan fingerprint density at radius 3 is 2.10 bits per heavy atom. The molecule has 0 spiro atoms. The van der Waals surface area contributed by atoms with Gasteiger partial charge in [-0.15, -0.1) is 0 Å². The van der Waals surface area contributed by atoms with E-state index in [0.29, 0.717) is 12.0 Å². The first-order chi connectivity index (χ1) is 9.60. The van der Waals surface area contributed by atoms with E-state index in [1.54, 1.807) is 0 Å². The Hall–Kier alpha value is -1.83. The maximum Gasteiger partial charge on any atom is 0.414 e. The van der Waals surface area contributed by atoms with E-state index >= 15 is 0 Å². The van der Waals surface area contributed by atoms with Crippen LogP contribution in [0.4, 0.5) is 4.79 Å². The zero-order valence-corrected chi connectivity index (χ0v) is 12.5. The van der Waals surface area contributed by atoms with Crippen LogP contribution in [0.25, 0.3) is 0 Å². The van der Waals surface area contributed by atoms with Crippen LogP contribution < -0.4 is 5.32 Å². The van der Waals surface area contributed by atoms with Crippen molar-refractivity contribution >= 4 is 18.0 Å². The largest absolute Gasteiger partial charge is 0.473 e. The molecule has 0 aromatic carbocycles. The lowest BCUT2D eigenvalue weighted by Gasteiger charge is -2.46. The van der Waals surface area contributed by atoms with Gasteiger partial charge in [-0.2, -0.15) is 0 Å². The third kappa shape index (κ3) is 5.58. The lowest BCUT2D eigenvalue weighted by atomic mass is 9.85. The lowest BCUT2D eigenvalue weighted by molar-refractivity contribution is -0.159. The molecule has 2 unspecified atom stereocenters. The van der Waals surface area contributed by atoms with Gasteiger partial charge in [-0.3, -0.25) is 0 Å². The minimum atomic E-state index is -1.82. The molecule has 21 heavy (non-hydrogen) atoms. The summed E-state index contributed by atoms with van der Waals surface area (Å²) in [6.45, 7) is 8.44. The van der Waals surface area contributed by atoms with E-state index < -0.39 is 11.9 Å². The van der Waals surface area contributed by atoms with Crippen molar-refractivity contribution in [2.75, 3.05) is 19.6 Å². The van der Waals surface area contributed by atoms with Gasteiger partial charge in [0, 0.05) is 31.6 Å². The molecule has 0 aromatic rings. The summed E-state index contributed by atoms with van der Waals surface area (Å²) in [4.78, 5) is 31.8. The molecule has 2 aliphatic rings. The van der Waals surface area contributed by atoms with Gasteiger partial charge >= 0.3 is 18.0 Å². The van der Waals surface area contributed by atoms with Crippen LogP contribution in [-0.2, 0) is 14.3 Å². The number of carbonyl (C=O) groups is 3. The van der Waals surface area contributed by atoms with E-state index in [0.717, 1.165) is 26.1 Å². The van der Waals surface area contributed by atoms with Gasteiger partial charge in [0.25, 0.3) is 0 Å². The van der Waals surface area contributed by atoms with Crippen molar-refractivity contribution in [1.82, 2.24) is 10.2 Å². The minimum Gasteiger partial charge on any atom is -0.473 e. The van der Waals surface area contributed by atoms with Gasteiger partial charge in [0.2, 0.25) is 0 Å². The van der Waals surface area contributed by atoms with E-state index in [1.807, 2.05) is 25.7 Å². The molecule has 120 valence electrons. The number of piperidine rings is 1. The summed E-state index contributed by atoms with van der Waals surface area (Å²) in [5.74, 6) is -3.00. The van der Waals surface area contributed by atoms with Gasteiger partial charge in [-0.05, 0) is 27.2 Å². The second-order valence-corrected chi connectivity index (χ2v) is 6.10. The molecule has 0 saturated carbocycles. The van der Waals surface area contributed by atoms with Crippen molar-refractivity contribution in [3.8, 4) is 0 Å². The lowest BCUT2D eigenvalue weighted by Crippen LogP contribution is -2.62. The Labute approximate surface area is 123 Å². The Kier molecular flexibility index (Phi) is 5.54. The number of carboxylic acid groups (broad SMARTS) is 2. The van der Waals surface area contributed by atoms with E-state index in [-0.39, 0.29) is 11.7 Å². The highest BCUT2D eigenvalue weighted by molar-refractivity contribution is 6.27. The normalized spacial score (nSPS) is 23.9. The van der Waals surface area contributed by atoms with Crippen LogP contribution in [0.3, 0.4) is 0 Å². The zero-order valence-electron chi connectivity index (χ0n) is 12.5. The van der Waals surface area contributed by atoms with Gasteiger partial charge < -0.3 is 25.2 Å². The van der Waals surface area contributed by atoms with Crippen molar-refractivity contribution in [1.29, 1.82) is 0 Å². The highest BCUT2D eigenvalue weighted by Crippen LogP contribution is 2.24. The smallest absolute Gasteiger partial charge is 0.414 e. The molecule has 0 aliphatic carbocycles. The number of nitrogens with zero attached hydrogens (tertiary/aromatic N) is 1. The first-order valence-corrected chi connectivity index (χ1v) is 6.77. The van der Waals surface area contributed by atoms with Crippen LogP contribution in [0, 0.1) is 5.92 Å². The maximum absolute atomic E-state index is 11.8. The molecular formula is C13H22N2O6. The molecule has 3 N–H and O–H groups in total. The number of carboxylic acids is 2. The van der Waals surface area contributed by atoms with E-state index in [9.17, 15) is 4.79 Å². The van der Waals surface area contributed by atoms with Gasteiger partial charge in [-0.25, -0.2) is 14.4 Å². The third-order valence-corrected chi connectivity index (χ3v) is 3.21. The van der Waals surface area contributed by atoms with E-state index in [1.165, 1.54) is 0 Å². The summed E-state index contributed by atoms with van der Waals surface area (Å²) < 4.78 is 5.35. The first kappa shape index (κ1) is 17.2. The SMILES string of the molecule is CC(C)(C)OC(=O)N1CCC2NCC2C1.O=C(O)C(=O)O. The van der Waals surface area contributed by atoms with Crippen LogP contribution >= 0.6 is 0 Å². The molecule has 2 heterocycles. The number of rotatable bonds is 0. The molecule has 0 aromatic heterocycles. The molecule has 2 aliphatic heterocycles. The van der Waals surface area contributed by atoms with Crippen molar-refractivity contribution in [2.24, 2.45) is 5.92 Å². The van der Waals surface area contributed by atoms with E-state index in [2.05, 4.69) is 5.32 Å². The average Bonchev–Trinajstić information content (AvgIpc) is 2.29. The molecular weight excluding hydrogens is 280 g/mol. The van der Waals surface area contributed by atoms with Gasteiger partial charge in [0.1, 0.15) is 5.60 Å². The second kappa shape index (κ2) is 6.75. The van der Waals surface area contributed by atoms with Gasteiger partial charge in [-0.1, -0.05) is 0 Å². The van der Waals surface area contributed by atoms with Gasteiger partial charge in [0.05, 0.1) is 0 Å². The quantitative estimate of drug-likeness (QED) is 0.553. The number of carbonyl (C=O) groups excluding carboxylic acids is 1. The number of aliphatic carboxylic acids is 2. The molecule has 8 nitrogen and oxygen atoms in total.